The fraction of sp³-hybridized carbons (Fsp3) is 0.382. The minimum atomic E-state index is -3.34. The highest BCUT2D eigenvalue weighted by Gasteiger charge is 2.44. The highest BCUT2D eigenvalue weighted by atomic mass is 32.2. The zero-order chi connectivity index (χ0) is 31.9. The van der Waals surface area contributed by atoms with Crippen molar-refractivity contribution in [2.24, 2.45) is 13.0 Å². The maximum atomic E-state index is 14.1. The van der Waals surface area contributed by atoms with E-state index in [0.717, 1.165) is 16.6 Å². The van der Waals surface area contributed by atoms with Gasteiger partial charge in [0.05, 0.1) is 22.3 Å². The molecule has 2 aliphatic heterocycles. The second-order valence-electron chi connectivity index (χ2n) is 12.3. The third-order valence-electron chi connectivity index (χ3n) is 8.89. The summed E-state index contributed by atoms with van der Waals surface area (Å²) in [6, 6.07) is 21.6. The van der Waals surface area contributed by atoms with Crippen molar-refractivity contribution in [3.8, 4) is 11.5 Å². The Bertz CT molecular complexity index is 1810. The first-order valence-electron chi connectivity index (χ1n) is 15.4. The summed E-state index contributed by atoms with van der Waals surface area (Å²) in [4.78, 5) is 35.5. The molecule has 3 aromatic carbocycles. The number of imidazole rings is 1. The number of fused-ring (bicyclic) bond motifs is 1. The smallest absolute Gasteiger partial charge is 0.332 e. The SMILES string of the molecule is Cc1ccc2nc([C@H](CC3CCN(S(=O)(=O)C(C)C)CC3)N3C(=O)CN(c4ccc(Oc5ccccc5)cc4)C3=O)n(C)c2c1. The van der Waals surface area contributed by atoms with Crippen LogP contribution < -0.4 is 9.64 Å². The van der Waals surface area contributed by atoms with Gasteiger partial charge in [-0.05, 0) is 100 Å². The van der Waals surface area contributed by atoms with E-state index in [4.69, 9.17) is 9.72 Å². The molecule has 0 radical (unpaired) electrons. The van der Waals surface area contributed by atoms with Crippen LogP contribution in [-0.4, -0.2) is 64.0 Å². The van der Waals surface area contributed by atoms with Crippen molar-refractivity contribution in [1.82, 2.24) is 18.8 Å². The molecule has 3 heterocycles. The maximum absolute atomic E-state index is 14.1. The molecule has 11 heteroatoms. The third kappa shape index (κ3) is 6.06. The first-order valence-corrected chi connectivity index (χ1v) is 16.9. The molecule has 2 saturated heterocycles. The Morgan fingerprint density at radius 3 is 2.27 bits per heavy atom. The van der Waals surface area contributed by atoms with Gasteiger partial charge in [0, 0.05) is 25.8 Å². The molecule has 4 aromatic rings. The number of carbonyl (C=O) groups is 2. The quantitative estimate of drug-likeness (QED) is 0.210. The molecule has 0 aliphatic carbocycles. The van der Waals surface area contributed by atoms with E-state index in [0.29, 0.717) is 55.4 Å². The number of aryl methyl sites for hydroxylation is 2. The Kier molecular flexibility index (Phi) is 8.41. The highest BCUT2D eigenvalue weighted by Crippen LogP contribution is 2.38. The number of benzene rings is 3. The molecule has 236 valence electrons. The predicted octanol–water partition coefficient (Wildman–Crippen LogP) is 6.02. The number of para-hydroxylation sites is 1. The van der Waals surface area contributed by atoms with E-state index >= 15 is 0 Å². The van der Waals surface area contributed by atoms with Crippen LogP contribution in [0.15, 0.2) is 72.8 Å². The first-order chi connectivity index (χ1) is 21.5. The third-order valence-corrected chi connectivity index (χ3v) is 11.2. The molecule has 6 rings (SSSR count). The van der Waals surface area contributed by atoms with Crippen molar-refractivity contribution in [1.29, 1.82) is 0 Å². The number of piperidine rings is 1. The summed E-state index contributed by atoms with van der Waals surface area (Å²) in [6.07, 6.45) is 1.80. The van der Waals surface area contributed by atoms with Gasteiger partial charge in [-0.3, -0.25) is 14.6 Å². The number of urea groups is 1. The molecule has 0 N–H and O–H groups in total. The Balaban J connectivity index is 1.27. The van der Waals surface area contributed by atoms with Gasteiger partial charge in [-0.2, -0.15) is 0 Å². The van der Waals surface area contributed by atoms with E-state index in [2.05, 4.69) is 6.07 Å². The minimum Gasteiger partial charge on any atom is -0.457 e. The van der Waals surface area contributed by atoms with Crippen molar-refractivity contribution in [3.63, 3.8) is 0 Å². The topological polar surface area (TPSA) is 105 Å². The molecular formula is C34H39N5O5S. The molecule has 0 saturated carbocycles. The number of sulfonamides is 1. The lowest BCUT2D eigenvalue weighted by molar-refractivity contribution is -0.127. The Morgan fingerprint density at radius 2 is 1.60 bits per heavy atom. The number of aromatic nitrogens is 2. The van der Waals surface area contributed by atoms with Gasteiger partial charge in [0.2, 0.25) is 10.0 Å². The Hall–Kier alpha value is -4.22. The number of imide groups is 1. The van der Waals surface area contributed by atoms with E-state index in [1.807, 2.05) is 61.0 Å². The van der Waals surface area contributed by atoms with Gasteiger partial charge in [0.25, 0.3) is 5.91 Å². The van der Waals surface area contributed by atoms with E-state index in [1.54, 1.807) is 42.4 Å². The van der Waals surface area contributed by atoms with E-state index in [-0.39, 0.29) is 18.4 Å². The number of anilines is 1. The van der Waals surface area contributed by atoms with E-state index < -0.39 is 27.3 Å². The molecule has 2 fully saturated rings. The van der Waals surface area contributed by atoms with Crippen LogP contribution in [0.3, 0.4) is 0 Å². The van der Waals surface area contributed by atoms with Gasteiger partial charge >= 0.3 is 6.03 Å². The summed E-state index contributed by atoms with van der Waals surface area (Å²) in [5, 5.41) is -0.477. The molecule has 3 amide bonds. The lowest BCUT2D eigenvalue weighted by atomic mass is 9.90. The van der Waals surface area contributed by atoms with Crippen LogP contribution in [0.1, 0.15) is 50.5 Å². The molecule has 1 aromatic heterocycles. The summed E-state index contributed by atoms with van der Waals surface area (Å²) < 4.78 is 35.0. The standard InChI is InChI=1S/C34H39N5O5S/c1-23(2)45(42,43)37-18-16-25(17-19-37)21-31(33-35-29-15-10-24(3)20-30(29)36(33)4)39-32(40)22-38(34(39)41)26-11-13-28(14-12-26)44-27-8-6-5-7-9-27/h5-15,20,23,25,31H,16-19,21-22H2,1-4H3/t31-/m0/s1. The summed E-state index contributed by atoms with van der Waals surface area (Å²) >= 11 is 0. The van der Waals surface area contributed by atoms with Gasteiger partial charge < -0.3 is 9.30 Å². The van der Waals surface area contributed by atoms with Crippen molar-refractivity contribution >= 4 is 38.7 Å². The van der Waals surface area contributed by atoms with Gasteiger partial charge in [-0.25, -0.2) is 22.5 Å². The summed E-state index contributed by atoms with van der Waals surface area (Å²) in [6.45, 7) is 6.18. The average Bonchev–Trinajstić information content (AvgIpc) is 3.51. The van der Waals surface area contributed by atoms with Crippen LogP contribution in [0.25, 0.3) is 11.0 Å². The van der Waals surface area contributed by atoms with Crippen LogP contribution in [0.5, 0.6) is 11.5 Å². The summed E-state index contributed by atoms with van der Waals surface area (Å²) in [7, 11) is -1.42. The number of hydrogen-bond acceptors (Lipinski definition) is 6. The molecule has 45 heavy (non-hydrogen) atoms. The molecule has 10 nitrogen and oxygen atoms in total. The fourth-order valence-electron chi connectivity index (χ4n) is 6.30. The average molecular weight is 630 g/mol. The van der Waals surface area contributed by atoms with Crippen molar-refractivity contribution in [2.45, 2.75) is 51.3 Å². The monoisotopic (exact) mass is 629 g/mol. The molecule has 2 aliphatic rings. The van der Waals surface area contributed by atoms with Crippen LogP contribution in [0.2, 0.25) is 0 Å². The summed E-state index contributed by atoms with van der Waals surface area (Å²) in [5.41, 5.74) is 3.41. The predicted molar refractivity (Wildman–Crippen MR) is 174 cm³/mol. The molecule has 0 spiro atoms. The zero-order valence-corrected chi connectivity index (χ0v) is 26.9. The lowest BCUT2D eigenvalue weighted by Crippen LogP contribution is -2.43. The molecule has 0 unspecified atom stereocenters. The molecular weight excluding hydrogens is 590 g/mol. The van der Waals surface area contributed by atoms with Crippen LogP contribution in [0, 0.1) is 12.8 Å². The highest BCUT2D eigenvalue weighted by molar-refractivity contribution is 7.89. The van der Waals surface area contributed by atoms with Gasteiger partial charge in [-0.15, -0.1) is 0 Å². The molecule has 1 atom stereocenters. The normalized spacial score (nSPS) is 17.5. The van der Waals surface area contributed by atoms with Gasteiger partial charge in [0.15, 0.2) is 0 Å². The number of hydrogen-bond donors (Lipinski definition) is 0. The van der Waals surface area contributed by atoms with Crippen molar-refractivity contribution in [3.05, 3.63) is 84.2 Å². The molecule has 0 bridgehead atoms. The van der Waals surface area contributed by atoms with Crippen molar-refractivity contribution in [2.75, 3.05) is 24.5 Å². The van der Waals surface area contributed by atoms with Crippen LogP contribution in [-0.2, 0) is 21.9 Å². The zero-order valence-electron chi connectivity index (χ0n) is 26.1. The largest absolute Gasteiger partial charge is 0.457 e. The number of rotatable bonds is 9. The Morgan fingerprint density at radius 1 is 0.933 bits per heavy atom. The van der Waals surface area contributed by atoms with Gasteiger partial charge in [-0.1, -0.05) is 24.3 Å². The lowest BCUT2D eigenvalue weighted by Gasteiger charge is -2.35. The van der Waals surface area contributed by atoms with Crippen LogP contribution >= 0.6 is 0 Å². The summed E-state index contributed by atoms with van der Waals surface area (Å²) in [5.74, 6) is 1.79. The van der Waals surface area contributed by atoms with Gasteiger partial charge in [0.1, 0.15) is 23.9 Å². The van der Waals surface area contributed by atoms with Crippen LogP contribution in [0.4, 0.5) is 10.5 Å². The second kappa shape index (κ2) is 12.3. The first kappa shape index (κ1) is 30.8. The fourth-order valence-corrected chi connectivity index (χ4v) is 7.62. The number of carbonyl (C=O) groups excluding carboxylic acids is 2. The van der Waals surface area contributed by atoms with Crippen molar-refractivity contribution < 1.29 is 22.7 Å². The minimum absolute atomic E-state index is 0.0810. The number of ether oxygens (including phenoxy) is 1. The number of amides is 3. The maximum Gasteiger partial charge on any atom is 0.332 e. The van der Waals surface area contributed by atoms with E-state index in [9.17, 15) is 18.0 Å². The van der Waals surface area contributed by atoms with E-state index in [1.165, 1.54) is 9.80 Å². The number of nitrogens with zero attached hydrogens (tertiary/aromatic N) is 5. The Labute approximate surface area is 264 Å². The second-order valence-corrected chi connectivity index (χ2v) is 14.7.